The van der Waals surface area contributed by atoms with Crippen molar-refractivity contribution in [3.8, 4) is 5.75 Å². The molecule has 2 heterocycles. The average Bonchev–Trinajstić information content (AvgIpc) is 2.72. The third kappa shape index (κ3) is 4.56. The van der Waals surface area contributed by atoms with Gasteiger partial charge in [0.1, 0.15) is 11.9 Å². The quantitative estimate of drug-likeness (QED) is 0.691. The number of amides is 1. The van der Waals surface area contributed by atoms with Crippen LogP contribution in [0, 0.1) is 0 Å². The van der Waals surface area contributed by atoms with Crippen LogP contribution in [0.1, 0.15) is 21.5 Å². The summed E-state index contributed by atoms with van der Waals surface area (Å²) in [6.45, 7) is 3.09. The maximum atomic E-state index is 12.6. The number of benzene rings is 2. The summed E-state index contributed by atoms with van der Waals surface area (Å²) >= 11 is 0. The van der Waals surface area contributed by atoms with Crippen molar-refractivity contribution in [1.29, 1.82) is 0 Å². The van der Waals surface area contributed by atoms with E-state index in [1.165, 1.54) is 5.56 Å². The average molecular weight is 373 g/mol. The lowest BCUT2D eigenvalue weighted by Gasteiger charge is -2.39. The van der Waals surface area contributed by atoms with Crippen molar-refractivity contribution in [1.82, 2.24) is 15.2 Å². The van der Waals surface area contributed by atoms with Crippen molar-refractivity contribution in [2.45, 2.75) is 19.2 Å². The molecule has 0 radical (unpaired) electrons. The Hall–Kier alpha value is -3.18. The van der Waals surface area contributed by atoms with E-state index in [0.717, 1.165) is 25.2 Å². The Balaban J connectivity index is 1.31. The summed E-state index contributed by atoms with van der Waals surface area (Å²) in [7, 11) is 0. The molecule has 1 fully saturated rings. The molecule has 1 aliphatic heterocycles. The first-order valence-electron chi connectivity index (χ1n) is 9.47. The van der Waals surface area contributed by atoms with Crippen LogP contribution in [-0.4, -0.2) is 35.0 Å². The zero-order valence-corrected chi connectivity index (χ0v) is 15.6. The van der Waals surface area contributed by atoms with Gasteiger partial charge < -0.3 is 10.1 Å². The van der Waals surface area contributed by atoms with Crippen LogP contribution >= 0.6 is 0 Å². The van der Waals surface area contributed by atoms with Crippen LogP contribution in [0.15, 0.2) is 79.1 Å². The Kier molecular flexibility index (Phi) is 5.64. The first-order chi connectivity index (χ1) is 13.8. The number of hydrogen-bond donors (Lipinski definition) is 1. The summed E-state index contributed by atoms with van der Waals surface area (Å²) in [4.78, 5) is 19.0. The molecular weight excluding hydrogens is 350 g/mol. The fraction of sp³-hybridized carbons (Fsp3) is 0.217. The van der Waals surface area contributed by atoms with E-state index >= 15 is 0 Å². The molecule has 1 aliphatic rings. The Labute approximate surface area is 165 Å². The Morgan fingerprint density at radius 3 is 2.46 bits per heavy atom. The molecule has 0 unspecified atom stereocenters. The van der Waals surface area contributed by atoms with Crippen LogP contribution in [0.4, 0.5) is 0 Å². The molecule has 2 aromatic carbocycles. The van der Waals surface area contributed by atoms with Gasteiger partial charge in [-0.2, -0.15) is 0 Å². The van der Waals surface area contributed by atoms with Crippen LogP contribution in [0.3, 0.4) is 0 Å². The molecule has 1 amide bonds. The van der Waals surface area contributed by atoms with E-state index in [4.69, 9.17) is 4.74 Å². The van der Waals surface area contributed by atoms with Crippen LogP contribution < -0.4 is 10.1 Å². The van der Waals surface area contributed by atoms with Crippen molar-refractivity contribution in [2.24, 2.45) is 0 Å². The molecule has 142 valence electrons. The summed E-state index contributed by atoms with van der Waals surface area (Å²) < 4.78 is 6.11. The van der Waals surface area contributed by atoms with Crippen LogP contribution in [0.2, 0.25) is 0 Å². The topological polar surface area (TPSA) is 54.5 Å². The van der Waals surface area contributed by atoms with E-state index in [0.29, 0.717) is 17.9 Å². The van der Waals surface area contributed by atoms with E-state index in [9.17, 15) is 4.79 Å². The number of aromatic nitrogens is 1. The van der Waals surface area contributed by atoms with Crippen molar-refractivity contribution >= 4 is 5.91 Å². The third-order valence-corrected chi connectivity index (χ3v) is 4.80. The molecule has 5 nitrogen and oxygen atoms in total. The fourth-order valence-electron chi connectivity index (χ4n) is 3.28. The Morgan fingerprint density at radius 1 is 0.964 bits per heavy atom. The lowest BCUT2D eigenvalue weighted by Crippen LogP contribution is -2.53. The number of rotatable bonds is 7. The summed E-state index contributed by atoms with van der Waals surface area (Å²) in [5.74, 6) is 0.522. The van der Waals surface area contributed by atoms with E-state index in [1.54, 1.807) is 0 Å². The highest BCUT2D eigenvalue weighted by molar-refractivity contribution is 5.96. The van der Waals surface area contributed by atoms with Gasteiger partial charge in [-0.05, 0) is 35.4 Å². The number of carbonyl (C=O) groups excluding carboxylic acids is 1. The van der Waals surface area contributed by atoms with Crippen molar-refractivity contribution in [2.75, 3.05) is 13.1 Å². The van der Waals surface area contributed by atoms with E-state index < -0.39 is 0 Å². The minimum atomic E-state index is -0.118. The molecule has 1 saturated heterocycles. The van der Waals surface area contributed by atoms with Crippen LogP contribution in [0.25, 0.3) is 0 Å². The maximum Gasteiger partial charge on any atom is 0.255 e. The number of nitrogens with zero attached hydrogens (tertiary/aromatic N) is 2. The van der Waals surface area contributed by atoms with Gasteiger partial charge in [0.15, 0.2) is 0 Å². The number of ether oxygens (including phenoxy) is 1. The number of hydrogen-bond acceptors (Lipinski definition) is 4. The maximum absolute atomic E-state index is 12.6. The Morgan fingerprint density at radius 2 is 1.68 bits per heavy atom. The molecule has 1 N–H and O–H groups in total. The third-order valence-electron chi connectivity index (χ3n) is 4.80. The first-order valence-corrected chi connectivity index (χ1v) is 9.47. The second kappa shape index (κ2) is 8.67. The highest BCUT2D eigenvalue weighted by Crippen LogP contribution is 2.23. The lowest BCUT2D eigenvalue weighted by atomic mass is 10.1. The fourth-order valence-corrected chi connectivity index (χ4v) is 3.28. The summed E-state index contributed by atoms with van der Waals surface area (Å²) in [5, 5.41) is 2.97. The Bertz CT molecular complexity index is 909. The van der Waals surface area contributed by atoms with Gasteiger partial charge in [0.25, 0.3) is 5.91 Å². The van der Waals surface area contributed by atoms with Crippen molar-refractivity contribution < 1.29 is 9.53 Å². The molecule has 4 rings (SSSR count). The van der Waals surface area contributed by atoms with Gasteiger partial charge in [0, 0.05) is 38.6 Å². The monoisotopic (exact) mass is 373 g/mol. The van der Waals surface area contributed by atoms with Gasteiger partial charge in [0.05, 0.1) is 5.56 Å². The number of para-hydroxylation sites is 1. The zero-order chi connectivity index (χ0) is 19.2. The molecule has 28 heavy (non-hydrogen) atoms. The van der Waals surface area contributed by atoms with Gasteiger partial charge in [-0.1, -0.05) is 42.5 Å². The number of likely N-dealkylation sites (tertiary alicyclic amines) is 1. The molecule has 0 atom stereocenters. The molecule has 0 bridgehead atoms. The predicted molar refractivity (Wildman–Crippen MR) is 108 cm³/mol. The molecule has 0 saturated carbocycles. The predicted octanol–water partition coefficient (Wildman–Crippen LogP) is 3.27. The van der Waals surface area contributed by atoms with Gasteiger partial charge in [-0.25, -0.2) is 0 Å². The number of carbonyl (C=O) groups is 1. The second-order valence-electron chi connectivity index (χ2n) is 6.95. The molecule has 0 aliphatic carbocycles. The summed E-state index contributed by atoms with van der Waals surface area (Å²) in [6.07, 6.45) is 3.73. The summed E-state index contributed by atoms with van der Waals surface area (Å²) in [5.41, 5.74) is 2.89. The van der Waals surface area contributed by atoms with Gasteiger partial charge in [-0.3, -0.25) is 14.7 Å². The van der Waals surface area contributed by atoms with Crippen LogP contribution in [0.5, 0.6) is 5.75 Å². The summed E-state index contributed by atoms with van der Waals surface area (Å²) in [6, 6.07) is 21.4. The molecule has 3 aromatic rings. The number of pyridine rings is 1. The van der Waals surface area contributed by atoms with Gasteiger partial charge in [0.2, 0.25) is 0 Å². The minimum Gasteiger partial charge on any atom is -0.487 e. The van der Waals surface area contributed by atoms with Gasteiger partial charge in [-0.15, -0.1) is 0 Å². The first kappa shape index (κ1) is 18.2. The van der Waals surface area contributed by atoms with Gasteiger partial charge >= 0.3 is 0 Å². The molecular formula is C23H23N3O2. The minimum absolute atomic E-state index is 0.102. The van der Waals surface area contributed by atoms with Crippen molar-refractivity contribution in [3.63, 3.8) is 0 Å². The van der Waals surface area contributed by atoms with Crippen LogP contribution in [-0.2, 0) is 13.1 Å². The molecule has 5 heteroatoms. The lowest BCUT2D eigenvalue weighted by molar-refractivity contribution is 0.0140. The largest absolute Gasteiger partial charge is 0.487 e. The van der Waals surface area contributed by atoms with Crippen molar-refractivity contribution in [3.05, 3.63) is 95.8 Å². The van der Waals surface area contributed by atoms with E-state index in [1.807, 2.05) is 79.1 Å². The number of nitrogens with one attached hydrogen (secondary N) is 1. The van der Waals surface area contributed by atoms with E-state index in [-0.39, 0.29) is 12.0 Å². The highest BCUT2D eigenvalue weighted by Gasteiger charge is 2.29. The SMILES string of the molecule is O=C(NCc1ccccc1)c1ccccc1OC1CN(Cc2ccncc2)C1. The van der Waals surface area contributed by atoms with E-state index in [2.05, 4.69) is 15.2 Å². The standard InChI is InChI=1S/C23H23N3O2/c27-23(25-14-18-6-2-1-3-7-18)21-8-4-5-9-22(21)28-20-16-26(17-20)15-19-10-12-24-13-11-19/h1-13,20H,14-17H2,(H,25,27). The smallest absolute Gasteiger partial charge is 0.255 e. The highest BCUT2D eigenvalue weighted by atomic mass is 16.5. The zero-order valence-electron chi connectivity index (χ0n) is 15.6. The molecule has 1 aromatic heterocycles. The second-order valence-corrected chi connectivity index (χ2v) is 6.95. The normalized spacial score (nSPS) is 14.3. The molecule has 0 spiro atoms.